The number of aliphatic carboxylic acids is 1. The van der Waals surface area contributed by atoms with E-state index in [9.17, 15) is 9.90 Å². The normalized spacial score (nSPS) is 11.5. The molecule has 0 aliphatic carbocycles. The topological polar surface area (TPSA) is 66.8 Å². The van der Waals surface area contributed by atoms with Crippen molar-refractivity contribution in [1.82, 2.24) is 0 Å². The second kappa shape index (κ2) is 15.4. The Morgan fingerprint density at radius 3 is 1.91 bits per heavy atom. The van der Waals surface area contributed by atoms with Gasteiger partial charge in [-0.05, 0) is 54.2 Å². The maximum absolute atomic E-state index is 10.4. The molecular formula is C29H34O4. The van der Waals surface area contributed by atoms with E-state index in [0.717, 1.165) is 49.5 Å². The van der Waals surface area contributed by atoms with Gasteiger partial charge in [-0.15, -0.1) is 0 Å². The van der Waals surface area contributed by atoms with Crippen molar-refractivity contribution in [3.63, 3.8) is 0 Å². The van der Waals surface area contributed by atoms with E-state index in [1.165, 1.54) is 17.2 Å². The van der Waals surface area contributed by atoms with Gasteiger partial charge in [0.1, 0.15) is 5.75 Å². The van der Waals surface area contributed by atoms with Crippen LogP contribution in [0.2, 0.25) is 0 Å². The van der Waals surface area contributed by atoms with Gasteiger partial charge in [0.25, 0.3) is 0 Å². The fourth-order valence-electron chi connectivity index (χ4n) is 3.20. The van der Waals surface area contributed by atoms with Gasteiger partial charge in [0.2, 0.25) is 0 Å². The lowest BCUT2D eigenvalue weighted by atomic mass is 10.1. The molecule has 4 nitrogen and oxygen atoms in total. The van der Waals surface area contributed by atoms with Crippen molar-refractivity contribution in [2.75, 3.05) is 6.61 Å². The van der Waals surface area contributed by atoms with E-state index in [-0.39, 0.29) is 6.10 Å². The average molecular weight is 447 g/mol. The van der Waals surface area contributed by atoms with Crippen LogP contribution in [0.25, 0.3) is 17.2 Å². The van der Waals surface area contributed by atoms with Crippen LogP contribution >= 0.6 is 0 Å². The lowest BCUT2D eigenvalue weighted by Crippen LogP contribution is -2.08. The quantitative estimate of drug-likeness (QED) is 0.250. The summed E-state index contributed by atoms with van der Waals surface area (Å²) in [7, 11) is 0. The van der Waals surface area contributed by atoms with Crippen LogP contribution in [-0.2, 0) is 4.79 Å². The third-order valence-electron chi connectivity index (χ3n) is 5.02. The number of benzene rings is 3. The van der Waals surface area contributed by atoms with Crippen molar-refractivity contribution in [2.45, 2.75) is 45.1 Å². The zero-order valence-corrected chi connectivity index (χ0v) is 19.3. The van der Waals surface area contributed by atoms with Crippen molar-refractivity contribution in [3.05, 3.63) is 96.6 Å². The van der Waals surface area contributed by atoms with Gasteiger partial charge in [-0.25, -0.2) is 4.79 Å². The Bertz CT molecular complexity index is 897. The van der Waals surface area contributed by atoms with Crippen LogP contribution < -0.4 is 4.74 Å². The van der Waals surface area contributed by atoms with Gasteiger partial charge >= 0.3 is 5.97 Å². The fraction of sp³-hybridized carbons (Fsp3) is 0.276. The van der Waals surface area contributed by atoms with Gasteiger partial charge in [0, 0.05) is 6.08 Å². The molecule has 1 unspecified atom stereocenters. The number of unbranched alkanes of at least 4 members (excludes halogenated alkanes) is 1. The molecule has 174 valence electrons. The summed E-state index contributed by atoms with van der Waals surface area (Å²) in [5.41, 5.74) is 3.37. The molecule has 0 fully saturated rings. The molecule has 3 aromatic rings. The van der Waals surface area contributed by atoms with E-state index in [1.807, 2.05) is 36.4 Å². The molecule has 4 heteroatoms. The molecule has 0 heterocycles. The van der Waals surface area contributed by atoms with Crippen LogP contribution in [0.5, 0.6) is 5.75 Å². The highest BCUT2D eigenvalue weighted by molar-refractivity contribution is 5.85. The second-order valence-corrected chi connectivity index (χ2v) is 7.76. The number of carbonyl (C=O) groups is 1. The first-order chi connectivity index (χ1) is 16.1. The van der Waals surface area contributed by atoms with Crippen molar-refractivity contribution in [2.24, 2.45) is 0 Å². The van der Waals surface area contributed by atoms with Crippen LogP contribution in [0.15, 0.2) is 91.0 Å². The lowest BCUT2D eigenvalue weighted by Gasteiger charge is -2.10. The molecule has 0 bridgehead atoms. The predicted molar refractivity (Wildman–Crippen MR) is 135 cm³/mol. The molecule has 0 saturated carbocycles. The molecule has 2 N–H and O–H groups in total. The molecule has 0 spiro atoms. The molecule has 0 aliphatic rings. The van der Waals surface area contributed by atoms with Gasteiger partial charge in [0.15, 0.2) is 0 Å². The summed E-state index contributed by atoms with van der Waals surface area (Å²) in [5, 5.41) is 18.2. The van der Waals surface area contributed by atoms with E-state index in [2.05, 4.69) is 55.5 Å². The lowest BCUT2D eigenvalue weighted by molar-refractivity contribution is -0.131. The Kier molecular flexibility index (Phi) is 12.1. The van der Waals surface area contributed by atoms with Crippen LogP contribution in [0.3, 0.4) is 0 Å². The first kappa shape index (κ1) is 25.9. The Morgan fingerprint density at radius 1 is 0.848 bits per heavy atom. The minimum atomic E-state index is -0.961. The zero-order chi connectivity index (χ0) is 23.7. The summed E-state index contributed by atoms with van der Waals surface area (Å²) < 4.78 is 5.59. The van der Waals surface area contributed by atoms with Crippen molar-refractivity contribution < 1.29 is 19.7 Å². The minimum Gasteiger partial charge on any atom is -0.494 e. The second-order valence-electron chi connectivity index (χ2n) is 7.76. The first-order valence-corrected chi connectivity index (χ1v) is 11.5. The van der Waals surface area contributed by atoms with Gasteiger partial charge in [-0.1, -0.05) is 92.6 Å². The molecule has 1 atom stereocenters. The van der Waals surface area contributed by atoms with Crippen molar-refractivity contribution in [3.8, 4) is 16.9 Å². The summed E-state index contributed by atoms with van der Waals surface area (Å²) in [6, 6.07) is 28.0. The maximum Gasteiger partial charge on any atom is 0.328 e. The summed E-state index contributed by atoms with van der Waals surface area (Å²) in [6.45, 7) is 2.69. The Labute approximate surface area is 197 Å². The van der Waals surface area contributed by atoms with Gasteiger partial charge in [-0.3, -0.25) is 0 Å². The number of carboxylic acids is 1. The molecule has 0 amide bonds. The number of hydrogen-bond donors (Lipinski definition) is 2. The minimum absolute atomic E-state index is 0.225. The summed E-state index contributed by atoms with van der Waals surface area (Å²) in [4.78, 5) is 10.4. The fourth-order valence-corrected chi connectivity index (χ4v) is 3.20. The van der Waals surface area contributed by atoms with E-state index in [1.54, 1.807) is 0 Å². The SMILES string of the molecule is CCCCC(O)CCCOc1ccc(C=CC(=O)O)cc1.c1ccc(-c2ccccc2)cc1. The van der Waals surface area contributed by atoms with Crippen LogP contribution in [0, 0.1) is 0 Å². The van der Waals surface area contributed by atoms with E-state index in [0.29, 0.717) is 6.61 Å². The van der Waals surface area contributed by atoms with Crippen LogP contribution in [-0.4, -0.2) is 28.9 Å². The molecule has 0 aliphatic heterocycles. The van der Waals surface area contributed by atoms with E-state index in [4.69, 9.17) is 9.84 Å². The van der Waals surface area contributed by atoms with Crippen molar-refractivity contribution in [1.29, 1.82) is 0 Å². The van der Waals surface area contributed by atoms with Gasteiger partial charge < -0.3 is 14.9 Å². The largest absolute Gasteiger partial charge is 0.494 e. The van der Waals surface area contributed by atoms with E-state index < -0.39 is 5.97 Å². The summed E-state index contributed by atoms with van der Waals surface area (Å²) in [6.07, 6.45) is 7.04. The summed E-state index contributed by atoms with van der Waals surface area (Å²) >= 11 is 0. The third-order valence-corrected chi connectivity index (χ3v) is 5.02. The van der Waals surface area contributed by atoms with Gasteiger partial charge in [-0.2, -0.15) is 0 Å². The highest BCUT2D eigenvalue weighted by Gasteiger charge is 2.03. The molecule has 3 rings (SSSR count). The standard InChI is InChI=1S/C17H24O4.C12H10/c1-2-3-5-15(18)6-4-13-21-16-10-7-14(8-11-16)9-12-17(19)20;1-3-7-11(8-4-1)12-9-5-2-6-10-12/h7-12,15,18H,2-6,13H2,1H3,(H,19,20);1-10H. The number of ether oxygens (including phenoxy) is 1. The van der Waals surface area contributed by atoms with E-state index >= 15 is 0 Å². The molecular weight excluding hydrogens is 412 g/mol. The average Bonchev–Trinajstić information content (AvgIpc) is 2.86. The maximum atomic E-state index is 10.4. The molecule has 0 aromatic heterocycles. The predicted octanol–water partition coefficient (Wildman–Crippen LogP) is 6.85. The smallest absolute Gasteiger partial charge is 0.328 e. The number of hydrogen-bond acceptors (Lipinski definition) is 3. The molecule has 3 aromatic carbocycles. The first-order valence-electron chi connectivity index (χ1n) is 11.5. The number of carboxylic acid groups (broad SMARTS) is 1. The third kappa shape index (κ3) is 11.2. The van der Waals surface area contributed by atoms with Crippen LogP contribution in [0.4, 0.5) is 0 Å². The molecule has 33 heavy (non-hydrogen) atoms. The Hall–Kier alpha value is -3.37. The monoisotopic (exact) mass is 446 g/mol. The molecule has 0 saturated heterocycles. The zero-order valence-electron chi connectivity index (χ0n) is 19.3. The summed E-state index contributed by atoms with van der Waals surface area (Å²) in [5.74, 6) is -0.206. The highest BCUT2D eigenvalue weighted by Crippen LogP contribution is 2.17. The number of rotatable bonds is 11. The Morgan fingerprint density at radius 2 is 1.39 bits per heavy atom. The molecule has 0 radical (unpaired) electrons. The van der Waals surface area contributed by atoms with Crippen LogP contribution in [0.1, 0.15) is 44.6 Å². The van der Waals surface area contributed by atoms with Gasteiger partial charge in [0.05, 0.1) is 12.7 Å². The highest BCUT2D eigenvalue weighted by atomic mass is 16.5. The Balaban J connectivity index is 0.000000268. The van der Waals surface area contributed by atoms with Crippen molar-refractivity contribution >= 4 is 12.0 Å². The number of aliphatic hydroxyl groups excluding tert-OH is 1. The number of aliphatic hydroxyl groups is 1.